The molecule has 110 valence electrons. The predicted octanol–water partition coefficient (Wildman–Crippen LogP) is 3.22. The molecule has 2 N–H and O–H groups in total. The SMILES string of the molecule is O=C(O)Nc1ccc(C#Cc2ccccc2F)cc1[N+](=O)[O-]. The average Bonchev–Trinajstić information content (AvgIpc) is 2.46. The second-order valence-electron chi connectivity index (χ2n) is 4.15. The summed E-state index contributed by atoms with van der Waals surface area (Å²) in [6.07, 6.45) is -1.41. The van der Waals surface area contributed by atoms with Gasteiger partial charge < -0.3 is 5.11 Å². The largest absolute Gasteiger partial charge is 0.465 e. The number of carboxylic acid groups (broad SMARTS) is 1. The van der Waals surface area contributed by atoms with Crippen molar-refractivity contribution < 1.29 is 19.2 Å². The van der Waals surface area contributed by atoms with Crippen molar-refractivity contribution in [3.05, 3.63) is 69.5 Å². The van der Waals surface area contributed by atoms with Gasteiger partial charge in [-0.15, -0.1) is 0 Å². The quantitative estimate of drug-likeness (QED) is 0.506. The molecule has 0 unspecified atom stereocenters. The van der Waals surface area contributed by atoms with Crippen LogP contribution in [0.5, 0.6) is 0 Å². The van der Waals surface area contributed by atoms with E-state index < -0.39 is 22.5 Å². The zero-order valence-electron chi connectivity index (χ0n) is 11.0. The van der Waals surface area contributed by atoms with E-state index in [1.54, 1.807) is 6.07 Å². The van der Waals surface area contributed by atoms with E-state index in [2.05, 4.69) is 11.8 Å². The zero-order chi connectivity index (χ0) is 16.1. The number of nitro benzene ring substituents is 1. The van der Waals surface area contributed by atoms with Gasteiger partial charge in [-0.3, -0.25) is 15.4 Å². The van der Waals surface area contributed by atoms with Crippen molar-refractivity contribution in [3.63, 3.8) is 0 Å². The fourth-order valence-electron chi connectivity index (χ4n) is 1.68. The molecule has 0 fully saturated rings. The number of hydrogen-bond donors (Lipinski definition) is 2. The molecule has 6 nitrogen and oxygen atoms in total. The highest BCUT2D eigenvalue weighted by Gasteiger charge is 2.15. The Morgan fingerprint density at radius 2 is 1.95 bits per heavy atom. The van der Waals surface area contributed by atoms with Crippen LogP contribution in [0.1, 0.15) is 11.1 Å². The Morgan fingerprint density at radius 1 is 1.23 bits per heavy atom. The lowest BCUT2D eigenvalue weighted by Gasteiger charge is -2.02. The van der Waals surface area contributed by atoms with Gasteiger partial charge in [0, 0.05) is 11.6 Å². The third-order valence-corrected chi connectivity index (χ3v) is 2.65. The summed E-state index contributed by atoms with van der Waals surface area (Å²) in [7, 11) is 0. The molecule has 2 aromatic rings. The van der Waals surface area contributed by atoms with Gasteiger partial charge in [-0.05, 0) is 24.3 Å². The summed E-state index contributed by atoms with van der Waals surface area (Å²) >= 11 is 0. The number of hydrogen-bond acceptors (Lipinski definition) is 3. The monoisotopic (exact) mass is 300 g/mol. The summed E-state index contributed by atoms with van der Waals surface area (Å²) in [5.41, 5.74) is -0.152. The van der Waals surface area contributed by atoms with Crippen molar-refractivity contribution >= 4 is 17.5 Å². The first kappa shape index (κ1) is 15.0. The molecule has 0 spiro atoms. The zero-order valence-corrected chi connectivity index (χ0v) is 11.0. The third kappa shape index (κ3) is 3.58. The summed E-state index contributed by atoms with van der Waals surface area (Å²) in [5, 5.41) is 21.5. The molecule has 2 aromatic carbocycles. The van der Waals surface area contributed by atoms with Crippen LogP contribution in [-0.2, 0) is 0 Å². The summed E-state index contributed by atoms with van der Waals surface area (Å²) in [5.74, 6) is 4.69. The molecule has 0 aliphatic heterocycles. The Hall–Kier alpha value is -3.40. The molecule has 0 bridgehead atoms. The minimum atomic E-state index is -1.41. The van der Waals surface area contributed by atoms with E-state index in [0.29, 0.717) is 0 Å². The van der Waals surface area contributed by atoms with Gasteiger partial charge in [0.25, 0.3) is 5.69 Å². The summed E-state index contributed by atoms with van der Waals surface area (Å²) in [6.45, 7) is 0. The maximum absolute atomic E-state index is 13.4. The lowest BCUT2D eigenvalue weighted by Crippen LogP contribution is -2.09. The normalized spacial score (nSPS) is 9.50. The number of halogens is 1. The first-order valence-electron chi connectivity index (χ1n) is 6.02. The highest BCUT2D eigenvalue weighted by atomic mass is 19.1. The van der Waals surface area contributed by atoms with Gasteiger partial charge in [-0.1, -0.05) is 24.0 Å². The van der Waals surface area contributed by atoms with Crippen LogP contribution >= 0.6 is 0 Å². The Balaban J connectivity index is 2.38. The van der Waals surface area contributed by atoms with Gasteiger partial charge in [-0.2, -0.15) is 0 Å². The third-order valence-electron chi connectivity index (χ3n) is 2.65. The predicted molar refractivity (Wildman–Crippen MR) is 77.1 cm³/mol. The molecule has 0 heterocycles. The molecule has 0 aromatic heterocycles. The molecular formula is C15H9FN2O4. The van der Waals surface area contributed by atoms with E-state index in [0.717, 1.165) is 6.07 Å². The van der Waals surface area contributed by atoms with Gasteiger partial charge in [0.15, 0.2) is 0 Å². The number of nitrogens with one attached hydrogen (secondary N) is 1. The van der Waals surface area contributed by atoms with E-state index in [1.807, 2.05) is 5.32 Å². The van der Waals surface area contributed by atoms with Crippen LogP contribution in [-0.4, -0.2) is 16.1 Å². The number of carbonyl (C=O) groups is 1. The Labute approximate surface area is 124 Å². The average molecular weight is 300 g/mol. The number of amides is 1. The van der Waals surface area contributed by atoms with E-state index >= 15 is 0 Å². The van der Waals surface area contributed by atoms with Crippen LogP contribution < -0.4 is 5.32 Å². The van der Waals surface area contributed by atoms with Crippen molar-refractivity contribution in [3.8, 4) is 11.8 Å². The lowest BCUT2D eigenvalue weighted by atomic mass is 10.1. The molecule has 0 aliphatic carbocycles. The fraction of sp³-hybridized carbons (Fsp3) is 0. The molecule has 0 saturated heterocycles. The molecule has 0 atom stereocenters. The van der Waals surface area contributed by atoms with Crippen molar-refractivity contribution in [1.82, 2.24) is 0 Å². The van der Waals surface area contributed by atoms with Gasteiger partial charge >= 0.3 is 6.09 Å². The van der Waals surface area contributed by atoms with Crippen LogP contribution in [0.3, 0.4) is 0 Å². The van der Waals surface area contributed by atoms with Crippen LogP contribution in [0.25, 0.3) is 0 Å². The second kappa shape index (κ2) is 6.37. The first-order chi connectivity index (χ1) is 10.5. The minimum Gasteiger partial charge on any atom is -0.465 e. The van der Waals surface area contributed by atoms with Crippen molar-refractivity contribution in [2.24, 2.45) is 0 Å². The number of anilines is 1. The number of rotatable bonds is 2. The van der Waals surface area contributed by atoms with Crippen LogP contribution in [0.15, 0.2) is 42.5 Å². The summed E-state index contributed by atoms with van der Waals surface area (Å²) < 4.78 is 13.4. The highest BCUT2D eigenvalue weighted by Crippen LogP contribution is 2.25. The van der Waals surface area contributed by atoms with Gasteiger partial charge in [0.1, 0.15) is 11.5 Å². The fourth-order valence-corrected chi connectivity index (χ4v) is 1.68. The Morgan fingerprint density at radius 3 is 2.59 bits per heavy atom. The second-order valence-corrected chi connectivity index (χ2v) is 4.15. The molecule has 1 amide bonds. The smallest absolute Gasteiger partial charge is 0.409 e. The van der Waals surface area contributed by atoms with Crippen LogP contribution in [0, 0.1) is 27.8 Å². The first-order valence-corrected chi connectivity index (χ1v) is 6.02. The molecule has 0 radical (unpaired) electrons. The topological polar surface area (TPSA) is 92.5 Å². The lowest BCUT2D eigenvalue weighted by molar-refractivity contribution is -0.383. The highest BCUT2D eigenvalue weighted by molar-refractivity contribution is 5.86. The Bertz CT molecular complexity index is 809. The van der Waals surface area contributed by atoms with E-state index in [4.69, 9.17) is 5.11 Å². The molecule has 0 aliphatic rings. The van der Waals surface area contributed by atoms with Crippen molar-refractivity contribution in [2.45, 2.75) is 0 Å². The molecule has 22 heavy (non-hydrogen) atoms. The number of nitrogens with zero attached hydrogens (tertiary/aromatic N) is 1. The Kier molecular flexibility index (Phi) is 4.34. The molecule has 2 rings (SSSR count). The summed E-state index contributed by atoms with van der Waals surface area (Å²) in [6, 6.07) is 9.65. The van der Waals surface area contributed by atoms with Gasteiger partial charge in [0.05, 0.1) is 10.5 Å². The van der Waals surface area contributed by atoms with E-state index in [1.165, 1.54) is 30.3 Å². The maximum atomic E-state index is 13.4. The molecule has 0 saturated carbocycles. The van der Waals surface area contributed by atoms with Crippen LogP contribution in [0.2, 0.25) is 0 Å². The number of nitro groups is 1. The molecule has 7 heteroatoms. The van der Waals surface area contributed by atoms with Crippen molar-refractivity contribution in [1.29, 1.82) is 0 Å². The van der Waals surface area contributed by atoms with Gasteiger partial charge in [-0.25, -0.2) is 9.18 Å². The maximum Gasteiger partial charge on any atom is 0.409 e. The van der Waals surface area contributed by atoms with Gasteiger partial charge in [0.2, 0.25) is 0 Å². The molecular weight excluding hydrogens is 291 g/mol. The standard InChI is InChI=1S/C15H9FN2O4/c16-12-4-2-1-3-11(12)7-5-10-6-8-13(17-15(19)20)14(9-10)18(21)22/h1-4,6,8-9,17H,(H,19,20). The summed E-state index contributed by atoms with van der Waals surface area (Å²) in [4.78, 5) is 20.8. The van der Waals surface area contributed by atoms with E-state index in [-0.39, 0.29) is 16.8 Å². The van der Waals surface area contributed by atoms with Crippen LogP contribution in [0.4, 0.5) is 20.6 Å². The van der Waals surface area contributed by atoms with Crippen molar-refractivity contribution in [2.75, 3.05) is 5.32 Å². The minimum absolute atomic E-state index is 0.158. The van der Waals surface area contributed by atoms with E-state index in [9.17, 15) is 19.3 Å². The number of benzene rings is 2.